The summed E-state index contributed by atoms with van der Waals surface area (Å²) in [5.74, 6) is -0.610. The molecule has 0 spiro atoms. The quantitative estimate of drug-likeness (QED) is 0.747. The zero-order chi connectivity index (χ0) is 20.0. The molecule has 0 radical (unpaired) electrons. The molecule has 6 nitrogen and oxygen atoms in total. The van der Waals surface area contributed by atoms with Gasteiger partial charge in [-0.05, 0) is 35.9 Å². The second-order valence-corrected chi connectivity index (χ2v) is 7.67. The largest absolute Gasteiger partial charge is 0.495 e. The van der Waals surface area contributed by atoms with Gasteiger partial charge in [0.1, 0.15) is 16.5 Å². The van der Waals surface area contributed by atoms with E-state index < -0.39 is 15.9 Å². The molecule has 1 N–H and O–H groups in total. The number of methoxy groups -OCH3 is 1. The molecule has 2 aromatic carbocycles. The van der Waals surface area contributed by atoms with E-state index >= 15 is 0 Å². The minimum Gasteiger partial charge on any atom is -0.495 e. The number of amides is 1. The molecule has 146 valence electrons. The van der Waals surface area contributed by atoms with E-state index in [4.69, 9.17) is 4.74 Å². The van der Waals surface area contributed by atoms with Crippen molar-refractivity contribution in [3.05, 3.63) is 59.4 Å². The highest BCUT2D eigenvalue weighted by atomic mass is 32.2. The van der Waals surface area contributed by atoms with Gasteiger partial charge in [0, 0.05) is 25.2 Å². The number of halogens is 1. The summed E-state index contributed by atoms with van der Waals surface area (Å²) in [6.45, 7) is 4.30. The van der Waals surface area contributed by atoms with E-state index in [1.54, 1.807) is 26.0 Å². The summed E-state index contributed by atoms with van der Waals surface area (Å²) in [5.41, 5.74) is 0.929. The lowest BCUT2D eigenvalue weighted by molar-refractivity contribution is 0.0950. The number of carbonyl (C=O) groups excluding carboxylic acids is 1. The van der Waals surface area contributed by atoms with Gasteiger partial charge in [-0.3, -0.25) is 4.79 Å². The van der Waals surface area contributed by atoms with E-state index in [1.165, 1.54) is 41.7 Å². The fourth-order valence-corrected chi connectivity index (χ4v) is 4.25. The first-order chi connectivity index (χ1) is 12.8. The maximum Gasteiger partial charge on any atom is 0.251 e. The van der Waals surface area contributed by atoms with Crippen LogP contribution < -0.4 is 10.1 Å². The average molecular weight is 394 g/mol. The summed E-state index contributed by atoms with van der Waals surface area (Å²) in [6.07, 6.45) is 0. The van der Waals surface area contributed by atoms with Crippen molar-refractivity contribution in [2.24, 2.45) is 0 Å². The molecule has 0 aliphatic rings. The Balaban J connectivity index is 2.27. The maximum absolute atomic E-state index is 12.9. The normalized spacial score (nSPS) is 11.4. The standard InChI is InChI=1S/C19H23FN2O4S/c1-4-22(5-2)27(24,25)18-12-15(8-11-17(18)26-3)19(23)21-13-14-6-9-16(20)10-7-14/h6-12H,4-5,13H2,1-3H3,(H,21,23). The second kappa shape index (κ2) is 8.96. The molecule has 0 aliphatic carbocycles. The predicted molar refractivity (Wildman–Crippen MR) is 101 cm³/mol. The van der Waals surface area contributed by atoms with Gasteiger partial charge in [-0.2, -0.15) is 4.31 Å². The predicted octanol–water partition coefficient (Wildman–Crippen LogP) is 2.79. The van der Waals surface area contributed by atoms with Crippen molar-refractivity contribution in [3.8, 4) is 5.75 Å². The van der Waals surface area contributed by atoms with Gasteiger partial charge in [-0.25, -0.2) is 12.8 Å². The first-order valence-electron chi connectivity index (χ1n) is 8.54. The Labute approximate surface area is 159 Å². The molecule has 0 unspecified atom stereocenters. The van der Waals surface area contributed by atoms with Crippen molar-refractivity contribution >= 4 is 15.9 Å². The lowest BCUT2D eigenvalue weighted by Gasteiger charge is -2.20. The van der Waals surface area contributed by atoms with Crippen LogP contribution >= 0.6 is 0 Å². The van der Waals surface area contributed by atoms with Crippen molar-refractivity contribution in [2.45, 2.75) is 25.3 Å². The number of nitrogens with zero attached hydrogens (tertiary/aromatic N) is 1. The summed E-state index contributed by atoms with van der Waals surface area (Å²) in [4.78, 5) is 12.4. The summed E-state index contributed by atoms with van der Waals surface area (Å²) < 4.78 is 45.1. The molecule has 0 fully saturated rings. The van der Waals surface area contributed by atoms with Crippen LogP contribution in [0.3, 0.4) is 0 Å². The number of hydrogen-bond acceptors (Lipinski definition) is 4. The number of nitrogens with one attached hydrogen (secondary N) is 1. The minimum absolute atomic E-state index is 0.0527. The van der Waals surface area contributed by atoms with Crippen LogP contribution in [-0.2, 0) is 16.6 Å². The van der Waals surface area contributed by atoms with Crippen LogP contribution in [-0.4, -0.2) is 38.8 Å². The maximum atomic E-state index is 12.9. The Morgan fingerprint density at radius 3 is 2.30 bits per heavy atom. The number of sulfonamides is 1. The summed E-state index contributed by atoms with van der Waals surface area (Å²) in [7, 11) is -2.41. The van der Waals surface area contributed by atoms with Gasteiger partial charge in [0.05, 0.1) is 7.11 Å². The highest BCUT2D eigenvalue weighted by Crippen LogP contribution is 2.28. The molecule has 1 amide bonds. The third-order valence-electron chi connectivity index (χ3n) is 4.12. The Bertz CT molecular complexity index is 894. The Hall–Kier alpha value is -2.45. The van der Waals surface area contributed by atoms with Crippen molar-refractivity contribution < 1.29 is 22.3 Å². The van der Waals surface area contributed by atoms with Crippen LogP contribution in [0.5, 0.6) is 5.75 Å². The van der Waals surface area contributed by atoms with Crippen LogP contribution in [0.1, 0.15) is 29.8 Å². The first kappa shape index (κ1) is 20.9. The molecule has 0 saturated heterocycles. The Kier molecular flexibility index (Phi) is 6.92. The second-order valence-electron chi connectivity index (χ2n) is 5.76. The van der Waals surface area contributed by atoms with Gasteiger partial charge in [0.15, 0.2) is 0 Å². The van der Waals surface area contributed by atoms with Crippen molar-refractivity contribution in [1.29, 1.82) is 0 Å². The summed E-state index contributed by atoms with van der Waals surface area (Å²) >= 11 is 0. The Morgan fingerprint density at radius 2 is 1.74 bits per heavy atom. The summed E-state index contributed by atoms with van der Waals surface area (Å²) in [5, 5.41) is 2.70. The molecular formula is C19H23FN2O4S. The zero-order valence-electron chi connectivity index (χ0n) is 15.5. The molecule has 0 atom stereocenters. The van der Waals surface area contributed by atoms with Crippen LogP contribution in [0.25, 0.3) is 0 Å². The third-order valence-corrected chi connectivity index (χ3v) is 6.19. The molecule has 0 bridgehead atoms. The molecule has 27 heavy (non-hydrogen) atoms. The van der Waals surface area contributed by atoms with Gasteiger partial charge in [-0.15, -0.1) is 0 Å². The lowest BCUT2D eigenvalue weighted by atomic mass is 10.2. The monoisotopic (exact) mass is 394 g/mol. The van der Waals surface area contributed by atoms with Crippen LogP contribution in [0, 0.1) is 5.82 Å². The molecular weight excluding hydrogens is 371 g/mol. The van der Waals surface area contributed by atoms with Gasteiger partial charge in [0.25, 0.3) is 5.91 Å². The number of benzene rings is 2. The van der Waals surface area contributed by atoms with E-state index in [1.807, 2.05) is 0 Å². The molecule has 2 rings (SSSR count). The molecule has 8 heteroatoms. The van der Waals surface area contributed by atoms with E-state index in [0.29, 0.717) is 13.1 Å². The third kappa shape index (κ3) is 4.84. The number of ether oxygens (including phenoxy) is 1. The minimum atomic E-state index is -3.79. The fraction of sp³-hybridized carbons (Fsp3) is 0.316. The molecule has 0 saturated carbocycles. The first-order valence-corrected chi connectivity index (χ1v) is 9.98. The molecule has 0 aromatic heterocycles. The molecule has 0 aliphatic heterocycles. The lowest BCUT2D eigenvalue weighted by Crippen LogP contribution is -2.31. The SMILES string of the molecule is CCN(CC)S(=O)(=O)c1cc(C(=O)NCc2ccc(F)cc2)ccc1OC. The number of rotatable bonds is 8. The van der Waals surface area contributed by atoms with Gasteiger partial charge < -0.3 is 10.1 Å². The highest BCUT2D eigenvalue weighted by molar-refractivity contribution is 7.89. The number of carbonyl (C=O) groups is 1. The zero-order valence-corrected chi connectivity index (χ0v) is 16.3. The van der Waals surface area contributed by atoms with Crippen LogP contribution in [0.2, 0.25) is 0 Å². The van der Waals surface area contributed by atoms with Gasteiger partial charge in [0.2, 0.25) is 10.0 Å². The van der Waals surface area contributed by atoms with E-state index in [9.17, 15) is 17.6 Å². The topological polar surface area (TPSA) is 75.7 Å². The van der Waals surface area contributed by atoms with E-state index in [0.717, 1.165) is 5.56 Å². The Morgan fingerprint density at radius 1 is 1.11 bits per heavy atom. The van der Waals surface area contributed by atoms with Gasteiger partial charge in [-0.1, -0.05) is 26.0 Å². The molecule has 2 aromatic rings. The van der Waals surface area contributed by atoms with Crippen molar-refractivity contribution in [2.75, 3.05) is 20.2 Å². The average Bonchev–Trinajstić information content (AvgIpc) is 2.67. The van der Waals surface area contributed by atoms with Crippen LogP contribution in [0.15, 0.2) is 47.4 Å². The van der Waals surface area contributed by atoms with E-state index in [-0.39, 0.29) is 28.6 Å². The van der Waals surface area contributed by atoms with Crippen molar-refractivity contribution in [3.63, 3.8) is 0 Å². The van der Waals surface area contributed by atoms with E-state index in [2.05, 4.69) is 5.32 Å². The van der Waals surface area contributed by atoms with Crippen LogP contribution in [0.4, 0.5) is 4.39 Å². The highest BCUT2D eigenvalue weighted by Gasteiger charge is 2.26. The molecule has 0 heterocycles. The fourth-order valence-electron chi connectivity index (χ4n) is 2.61. The van der Waals surface area contributed by atoms with Crippen molar-refractivity contribution in [1.82, 2.24) is 9.62 Å². The van der Waals surface area contributed by atoms with Gasteiger partial charge >= 0.3 is 0 Å². The number of hydrogen-bond donors (Lipinski definition) is 1. The summed E-state index contributed by atoms with van der Waals surface area (Å²) in [6, 6.07) is 10.0. The smallest absolute Gasteiger partial charge is 0.251 e.